The van der Waals surface area contributed by atoms with E-state index in [-0.39, 0.29) is 0 Å². The minimum atomic E-state index is 0.516. The molecule has 0 aromatic carbocycles. The van der Waals surface area contributed by atoms with E-state index in [1.807, 2.05) is 0 Å². The van der Waals surface area contributed by atoms with E-state index in [4.69, 9.17) is 23.3 Å². The molecule has 0 fully saturated rings. The SMILES string of the molecule is N#CCCCCCCCCCCNC(=S)NN. The second-order valence-electron chi connectivity index (χ2n) is 4.14. The molecule has 0 heterocycles. The van der Waals surface area contributed by atoms with Crippen molar-refractivity contribution in [3.63, 3.8) is 0 Å². The fourth-order valence-electron chi connectivity index (χ4n) is 1.64. The van der Waals surface area contributed by atoms with E-state index >= 15 is 0 Å². The lowest BCUT2D eigenvalue weighted by atomic mass is 10.1. The maximum atomic E-state index is 8.37. The second kappa shape index (κ2) is 13.2. The Labute approximate surface area is 110 Å². The van der Waals surface area contributed by atoms with E-state index in [0.717, 1.165) is 19.4 Å². The van der Waals surface area contributed by atoms with Crippen molar-refractivity contribution in [1.82, 2.24) is 10.7 Å². The number of hydrogen-bond donors (Lipinski definition) is 3. The summed E-state index contributed by atoms with van der Waals surface area (Å²) in [4.78, 5) is 0. The van der Waals surface area contributed by atoms with Crippen LogP contribution in [0.25, 0.3) is 0 Å². The number of nitrogens with one attached hydrogen (secondary N) is 2. The van der Waals surface area contributed by atoms with Gasteiger partial charge in [-0.2, -0.15) is 5.26 Å². The van der Waals surface area contributed by atoms with Crippen molar-refractivity contribution < 1.29 is 0 Å². The highest BCUT2D eigenvalue weighted by Gasteiger charge is 1.93. The molecule has 0 spiro atoms. The topological polar surface area (TPSA) is 73.9 Å². The van der Waals surface area contributed by atoms with Gasteiger partial charge >= 0.3 is 0 Å². The van der Waals surface area contributed by atoms with Gasteiger partial charge in [0.1, 0.15) is 0 Å². The minimum Gasteiger partial charge on any atom is -0.362 e. The molecule has 0 radical (unpaired) electrons. The Hall–Kier alpha value is -0.860. The van der Waals surface area contributed by atoms with Gasteiger partial charge in [-0.25, -0.2) is 5.84 Å². The Morgan fingerprint density at radius 3 is 2.06 bits per heavy atom. The molecule has 0 saturated carbocycles. The number of thiocarbonyl (C=S) groups is 1. The molecule has 0 bridgehead atoms. The first-order valence-corrected chi connectivity index (χ1v) is 6.83. The van der Waals surface area contributed by atoms with Crippen LogP contribution in [0.4, 0.5) is 0 Å². The number of nitriles is 1. The van der Waals surface area contributed by atoms with E-state index < -0.39 is 0 Å². The molecule has 5 heteroatoms. The summed E-state index contributed by atoms with van der Waals surface area (Å²) in [5.74, 6) is 5.13. The van der Waals surface area contributed by atoms with Crippen molar-refractivity contribution in [3.8, 4) is 6.07 Å². The molecule has 4 nitrogen and oxygen atoms in total. The normalized spacial score (nSPS) is 9.65. The molecule has 0 aliphatic carbocycles. The monoisotopic (exact) mass is 256 g/mol. The van der Waals surface area contributed by atoms with Crippen LogP contribution >= 0.6 is 12.2 Å². The first kappa shape index (κ1) is 16.1. The Bertz CT molecular complexity index is 225. The van der Waals surface area contributed by atoms with Crippen molar-refractivity contribution in [2.75, 3.05) is 6.54 Å². The van der Waals surface area contributed by atoms with Gasteiger partial charge in [0, 0.05) is 13.0 Å². The molecule has 0 aromatic rings. The first-order chi connectivity index (χ1) is 8.31. The number of nitrogens with zero attached hydrogens (tertiary/aromatic N) is 1. The molecule has 0 rings (SSSR count). The molecule has 17 heavy (non-hydrogen) atoms. The fraction of sp³-hybridized carbons (Fsp3) is 0.833. The van der Waals surface area contributed by atoms with Crippen molar-refractivity contribution in [1.29, 1.82) is 5.26 Å². The number of nitrogens with two attached hydrogens (primary N) is 1. The molecule has 0 unspecified atom stereocenters. The van der Waals surface area contributed by atoms with Crippen LogP contribution in [0.1, 0.15) is 57.8 Å². The summed E-state index contributed by atoms with van der Waals surface area (Å²) in [7, 11) is 0. The van der Waals surface area contributed by atoms with Crippen LogP contribution in [-0.2, 0) is 0 Å². The maximum Gasteiger partial charge on any atom is 0.180 e. The van der Waals surface area contributed by atoms with Crippen molar-refractivity contribution in [3.05, 3.63) is 0 Å². The number of unbranched alkanes of at least 4 members (excludes halogenated alkanes) is 8. The van der Waals surface area contributed by atoms with Crippen LogP contribution in [0.5, 0.6) is 0 Å². The number of hydrazine groups is 1. The summed E-state index contributed by atoms with van der Waals surface area (Å²) in [6.45, 7) is 0.894. The molecule has 0 aliphatic rings. The zero-order chi connectivity index (χ0) is 12.8. The fourth-order valence-corrected chi connectivity index (χ4v) is 1.74. The van der Waals surface area contributed by atoms with Gasteiger partial charge in [-0.05, 0) is 25.1 Å². The Kier molecular flexibility index (Phi) is 12.5. The zero-order valence-corrected chi connectivity index (χ0v) is 11.3. The quantitative estimate of drug-likeness (QED) is 0.242. The third-order valence-corrected chi connectivity index (χ3v) is 2.89. The van der Waals surface area contributed by atoms with Gasteiger partial charge in [0.2, 0.25) is 0 Å². The molecule has 0 atom stereocenters. The first-order valence-electron chi connectivity index (χ1n) is 6.42. The highest BCUT2D eigenvalue weighted by Crippen LogP contribution is 2.09. The van der Waals surface area contributed by atoms with E-state index in [2.05, 4.69) is 16.8 Å². The summed E-state index contributed by atoms with van der Waals surface area (Å²) in [6.07, 6.45) is 10.5. The largest absolute Gasteiger partial charge is 0.362 e. The lowest BCUT2D eigenvalue weighted by molar-refractivity contribution is 0.567. The third-order valence-electron chi connectivity index (χ3n) is 2.63. The molecule has 0 aliphatic heterocycles. The number of hydrogen-bond acceptors (Lipinski definition) is 3. The predicted molar refractivity (Wildman–Crippen MR) is 75.1 cm³/mol. The average Bonchev–Trinajstić information content (AvgIpc) is 2.35. The van der Waals surface area contributed by atoms with E-state index in [1.54, 1.807) is 0 Å². The van der Waals surface area contributed by atoms with Crippen LogP contribution in [-0.4, -0.2) is 11.7 Å². The highest BCUT2D eigenvalue weighted by atomic mass is 32.1. The average molecular weight is 256 g/mol. The lowest BCUT2D eigenvalue weighted by Gasteiger charge is -2.06. The van der Waals surface area contributed by atoms with Gasteiger partial charge in [0.25, 0.3) is 0 Å². The predicted octanol–water partition coefficient (Wildman–Crippen LogP) is 2.36. The Morgan fingerprint density at radius 2 is 1.53 bits per heavy atom. The van der Waals surface area contributed by atoms with Crippen LogP contribution in [0.2, 0.25) is 0 Å². The molecule has 0 amide bonds. The molecule has 0 saturated heterocycles. The van der Waals surface area contributed by atoms with Crippen LogP contribution in [0.15, 0.2) is 0 Å². The smallest absolute Gasteiger partial charge is 0.180 e. The van der Waals surface area contributed by atoms with Crippen LogP contribution in [0, 0.1) is 11.3 Å². The zero-order valence-electron chi connectivity index (χ0n) is 10.5. The highest BCUT2D eigenvalue weighted by molar-refractivity contribution is 7.80. The van der Waals surface area contributed by atoms with Crippen LogP contribution in [0.3, 0.4) is 0 Å². The molecular formula is C12H24N4S. The van der Waals surface area contributed by atoms with E-state index in [0.29, 0.717) is 11.5 Å². The van der Waals surface area contributed by atoms with Gasteiger partial charge in [0.15, 0.2) is 5.11 Å². The lowest BCUT2D eigenvalue weighted by Crippen LogP contribution is -2.39. The molecular weight excluding hydrogens is 232 g/mol. The Morgan fingerprint density at radius 1 is 1.00 bits per heavy atom. The van der Waals surface area contributed by atoms with Crippen molar-refractivity contribution in [2.45, 2.75) is 57.8 Å². The summed E-state index contributed by atoms with van der Waals surface area (Å²) in [5.41, 5.74) is 2.40. The summed E-state index contributed by atoms with van der Waals surface area (Å²) in [6, 6.07) is 2.18. The van der Waals surface area contributed by atoms with Gasteiger partial charge in [-0.3, -0.25) is 0 Å². The van der Waals surface area contributed by atoms with Crippen molar-refractivity contribution >= 4 is 17.3 Å². The van der Waals surface area contributed by atoms with Gasteiger partial charge in [0.05, 0.1) is 6.07 Å². The minimum absolute atomic E-state index is 0.516. The van der Waals surface area contributed by atoms with E-state index in [9.17, 15) is 0 Å². The molecule has 4 N–H and O–H groups in total. The standard InChI is InChI=1S/C12H24N4S/c13-10-8-6-4-2-1-3-5-7-9-11-15-12(17)16-14/h1-9,11,14H2,(H2,15,16,17). The second-order valence-corrected chi connectivity index (χ2v) is 4.55. The molecule has 98 valence electrons. The summed E-state index contributed by atoms with van der Waals surface area (Å²) >= 11 is 4.86. The summed E-state index contributed by atoms with van der Waals surface area (Å²) in [5, 5.41) is 11.9. The Balaban J connectivity index is 2.99. The van der Waals surface area contributed by atoms with Crippen LogP contribution < -0.4 is 16.6 Å². The molecule has 0 aromatic heterocycles. The van der Waals surface area contributed by atoms with Crippen molar-refractivity contribution in [2.24, 2.45) is 5.84 Å². The van der Waals surface area contributed by atoms with Gasteiger partial charge in [-0.15, -0.1) is 0 Å². The summed E-state index contributed by atoms with van der Waals surface area (Å²) < 4.78 is 0. The van der Waals surface area contributed by atoms with E-state index in [1.165, 1.54) is 38.5 Å². The van der Waals surface area contributed by atoms with Gasteiger partial charge < -0.3 is 10.7 Å². The maximum absolute atomic E-state index is 8.37. The number of rotatable bonds is 10. The third kappa shape index (κ3) is 13.1. The van der Waals surface area contributed by atoms with Gasteiger partial charge in [-0.1, -0.05) is 38.5 Å².